The Morgan fingerprint density at radius 1 is 1.81 bits per heavy atom. The molecule has 86 valence electrons. The standard InChI is InChI=1S/C10H14N4OS/c1-3-5-16-6-4-12-10(15)8-7-13-14(2)9(8)11/h1,7H,4-6,11H2,2H3,(H,12,15). The molecule has 0 radical (unpaired) electrons. The molecule has 0 bridgehead atoms. The highest BCUT2D eigenvalue weighted by molar-refractivity contribution is 7.99. The number of nitrogens with one attached hydrogen (secondary N) is 1. The molecule has 6 heteroatoms. The minimum atomic E-state index is -0.202. The number of amides is 1. The van der Waals surface area contributed by atoms with E-state index in [0.717, 1.165) is 5.75 Å². The molecule has 0 aliphatic carbocycles. The van der Waals surface area contributed by atoms with Gasteiger partial charge in [-0.2, -0.15) is 5.10 Å². The molecule has 1 aromatic rings. The van der Waals surface area contributed by atoms with E-state index in [0.29, 0.717) is 23.7 Å². The Labute approximate surface area is 98.8 Å². The lowest BCUT2D eigenvalue weighted by Gasteiger charge is -2.03. The molecule has 5 nitrogen and oxygen atoms in total. The van der Waals surface area contributed by atoms with Crippen molar-refractivity contribution in [2.24, 2.45) is 7.05 Å². The lowest BCUT2D eigenvalue weighted by atomic mass is 10.3. The summed E-state index contributed by atoms with van der Waals surface area (Å²) >= 11 is 1.60. The maximum Gasteiger partial charge on any atom is 0.256 e. The second-order valence-corrected chi connectivity index (χ2v) is 4.18. The number of thioether (sulfide) groups is 1. The van der Waals surface area contributed by atoms with Crippen LogP contribution in [0.2, 0.25) is 0 Å². The molecule has 0 unspecified atom stereocenters. The SMILES string of the molecule is C#CCSCCNC(=O)c1cnn(C)c1N. The van der Waals surface area contributed by atoms with Crippen LogP contribution in [-0.2, 0) is 7.05 Å². The molecular weight excluding hydrogens is 224 g/mol. The predicted molar refractivity (Wildman–Crippen MR) is 66.1 cm³/mol. The van der Waals surface area contributed by atoms with Crippen molar-refractivity contribution < 1.29 is 4.79 Å². The Morgan fingerprint density at radius 2 is 2.56 bits per heavy atom. The largest absolute Gasteiger partial charge is 0.383 e. The fraction of sp³-hybridized carbons (Fsp3) is 0.400. The average Bonchev–Trinajstić information content (AvgIpc) is 2.59. The molecule has 1 aromatic heterocycles. The number of nitrogens with two attached hydrogens (primary N) is 1. The second kappa shape index (κ2) is 6.08. The fourth-order valence-corrected chi connectivity index (χ4v) is 1.59. The van der Waals surface area contributed by atoms with Crippen LogP contribution in [0.5, 0.6) is 0 Å². The molecule has 1 amide bonds. The van der Waals surface area contributed by atoms with Gasteiger partial charge in [-0.1, -0.05) is 5.92 Å². The lowest BCUT2D eigenvalue weighted by Crippen LogP contribution is -2.26. The van der Waals surface area contributed by atoms with Crippen LogP contribution in [0.15, 0.2) is 6.20 Å². The zero-order valence-corrected chi connectivity index (χ0v) is 9.88. The molecule has 0 aliphatic heterocycles. The van der Waals surface area contributed by atoms with Crippen LogP contribution in [0.4, 0.5) is 5.82 Å². The van der Waals surface area contributed by atoms with E-state index < -0.39 is 0 Å². The summed E-state index contributed by atoms with van der Waals surface area (Å²) in [6.45, 7) is 0.569. The first-order chi connectivity index (χ1) is 7.66. The molecule has 3 N–H and O–H groups in total. The molecule has 0 atom stereocenters. The molecule has 0 saturated heterocycles. The van der Waals surface area contributed by atoms with Gasteiger partial charge in [-0.3, -0.25) is 9.48 Å². The first-order valence-corrected chi connectivity index (χ1v) is 5.89. The summed E-state index contributed by atoms with van der Waals surface area (Å²) < 4.78 is 1.46. The molecule has 0 fully saturated rings. The van der Waals surface area contributed by atoms with Crippen LogP contribution in [0.25, 0.3) is 0 Å². The Balaban J connectivity index is 2.36. The van der Waals surface area contributed by atoms with Gasteiger partial charge in [0.25, 0.3) is 5.91 Å². The molecule has 1 heterocycles. The quantitative estimate of drug-likeness (QED) is 0.563. The summed E-state index contributed by atoms with van der Waals surface area (Å²) in [7, 11) is 1.69. The van der Waals surface area contributed by atoms with E-state index in [4.69, 9.17) is 12.2 Å². The van der Waals surface area contributed by atoms with E-state index in [1.54, 1.807) is 18.8 Å². The molecular formula is C10H14N4OS. The van der Waals surface area contributed by atoms with Crippen molar-refractivity contribution >= 4 is 23.5 Å². The average molecular weight is 238 g/mol. The van der Waals surface area contributed by atoms with Crippen LogP contribution in [0.1, 0.15) is 10.4 Å². The number of carbonyl (C=O) groups excluding carboxylic acids is 1. The second-order valence-electron chi connectivity index (χ2n) is 3.08. The lowest BCUT2D eigenvalue weighted by molar-refractivity contribution is 0.0957. The summed E-state index contributed by atoms with van der Waals surface area (Å²) in [4.78, 5) is 11.6. The maximum atomic E-state index is 11.6. The van der Waals surface area contributed by atoms with Crippen LogP contribution < -0.4 is 11.1 Å². The normalized spacial score (nSPS) is 9.75. The zero-order valence-electron chi connectivity index (χ0n) is 9.06. The zero-order chi connectivity index (χ0) is 12.0. The molecule has 0 saturated carbocycles. The van der Waals surface area contributed by atoms with Gasteiger partial charge in [-0.05, 0) is 0 Å². The molecule has 0 spiro atoms. The monoisotopic (exact) mass is 238 g/mol. The summed E-state index contributed by atoms with van der Waals surface area (Å²) in [5.41, 5.74) is 6.07. The van der Waals surface area contributed by atoms with E-state index in [-0.39, 0.29) is 5.91 Å². The molecule has 16 heavy (non-hydrogen) atoms. The number of anilines is 1. The van der Waals surface area contributed by atoms with Crippen molar-refractivity contribution in [1.82, 2.24) is 15.1 Å². The minimum absolute atomic E-state index is 0.202. The minimum Gasteiger partial charge on any atom is -0.383 e. The van der Waals surface area contributed by atoms with Gasteiger partial charge in [0.1, 0.15) is 11.4 Å². The number of hydrogen-bond donors (Lipinski definition) is 2. The Hall–Kier alpha value is -1.61. The highest BCUT2D eigenvalue weighted by Crippen LogP contribution is 2.08. The number of hydrogen-bond acceptors (Lipinski definition) is 4. The van der Waals surface area contributed by atoms with E-state index in [9.17, 15) is 4.79 Å². The van der Waals surface area contributed by atoms with Crippen molar-refractivity contribution in [2.75, 3.05) is 23.8 Å². The van der Waals surface area contributed by atoms with Gasteiger partial charge >= 0.3 is 0 Å². The fourth-order valence-electron chi connectivity index (χ4n) is 1.08. The number of nitrogen functional groups attached to an aromatic ring is 1. The summed E-state index contributed by atoms with van der Waals surface area (Å²) in [6, 6.07) is 0. The van der Waals surface area contributed by atoms with Crippen molar-refractivity contribution in [3.05, 3.63) is 11.8 Å². The number of carbonyl (C=O) groups is 1. The van der Waals surface area contributed by atoms with Gasteiger partial charge in [0.15, 0.2) is 0 Å². The molecule has 0 aliphatic rings. The van der Waals surface area contributed by atoms with Crippen LogP contribution in [0.3, 0.4) is 0 Å². The van der Waals surface area contributed by atoms with E-state index in [1.807, 2.05) is 0 Å². The highest BCUT2D eigenvalue weighted by Gasteiger charge is 2.12. The van der Waals surface area contributed by atoms with Gasteiger partial charge in [0.2, 0.25) is 0 Å². The van der Waals surface area contributed by atoms with Gasteiger partial charge in [-0.15, -0.1) is 18.2 Å². The van der Waals surface area contributed by atoms with Gasteiger partial charge < -0.3 is 11.1 Å². The van der Waals surface area contributed by atoms with E-state index >= 15 is 0 Å². The Bertz CT molecular complexity index is 407. The van der Waals surface area contributed by atoms with Gasteiger partial charge in [0.05, 0.1) is 11.9 Å². The molecule has 0 aromatic carbocycles. The van der Waals surface area contributed by atoms with Crippen molar-refractivity contribution in [3.63, 3.8) is 0 Å². The number of aromatic nitrogens is 2. The smallest absolute Gasteiger partial charge is 0.256 e. The number of nitrogens with zero attached hydrogens (tertiary/aromatic N) is 2. The predicted octanol–water partition coefficient (Wildman–Crippen LogP) is 0.0985. The van der Waals surface area contributed by atoms with Crippen LogP contribution in [-0.4, -0.2) is 33.7 Å². The van der Waals surface area contributed by atoms with Gasteiger partial charge in [-0.25, -0.2) is 0 Å². The Morgan fingerprint density at radius 3 is 3.12 bits per heavy atom. The third-order valence-electron chi connectivity index (χ3n) is 1.95. The van der Waals surface area contributed by atoms with E-state index in [2.05, 4.69) is 16.3 Å². The van der Waals surface area contributed by atoms with Crippen molar-refractivity contribution in [3.8, 4) is 12.3 Å². The van der Waals surface area contributed by atoms with Crippen molar-refractivity contribution in [2.45, 2.75) is 0 Å². The van der Waals surface area contributed by atoms with Crippen LogP contribution in [0, 0.1) is 12.3 Å². The first-order valence-electron chi connectivity index (χ1n) is 4.73. The van der Waals surface area contributed by atoms with Gasteiger partial charge in [0, 0.05) is 19.3 Å². The third-order valence-corrected chi connectivity index (χ3v) is 2.81. The third kappa shape index (κ3) is 3.21. The number of aryl methyl sites for hydroxylation is 1. The number of rotatable bonds is 5. The highest BCUT2D eigenvalue weighted by atomic mass is 32.2. The molecule has 1 rings (SSSR count). The summed E-state index contributed by atoms with van der Waals surface area (Å²) in [5, 5.41) is 6.64. The van der Waals surface area contributed by atoms with Crippen LogP contribution >= 0.6 is 11.8 Å². The van der Waals surface area contributed by atoms with E-state index in [1.165, 1.54) is 10.9 Å². The maximum absolute atomic E-state index is 11.6. The topological polar surface area (TPSA) is 72.9 Å². The first kappa shape index (κ1) is 12.5. The van der Waals surface area contributed by atoms with Crippen molar-refractivity contribution in [1.29, 1.82) is 0 Å². The Kier molecular flexibility index (Phi) is 4.73. The number of terminal acetylenes is 1. The summed E-state index contributed by atoms with van der Waals surface area (Å²) in [6.07, 6.45) is 6.56. The summed E-state index contributed by atoms with van der Waals surface area (Å²) in [5.74, 6) is 4.13.